The molecule has 0 aliphatic heterocycles. The fourth-order valence-corrected chi connectivity index (χ4v) is 1.82. The van der Waals surface area contributed by atoms with E-state index in [1.165, 1.54) is 6.07 Å². The molecule has 0 fully saturated rings. The van der Waals surface area contributed by atoms with Gasteiger partial charge in [0.2, 0.25) is 0 Å². The van der Waals surface area contributed by atoms with E-state index < -0.39 is 4.92 Å². The van der Waals surface area contributed by atoms with E-state index in [-0.39, 0.29) is 5.69 Å². The number of benzene rings is 1. The zero-order valence-electron chi connectivity index (χ0n) is 9.13. The van der Waals surface area contributed by atoms with Gasteiger partial charge in [-0.15, -0.1) is 0 Å². The van der Waals surface area contributed by atoms with Crippen LogP contribution in [0.1, 0.15) is 11.3 Å². The van der Waals surface area contributed by atoms with Crippen molar-refractivity contribution < 1.29 is 4.92 Å². The molecule has 0 saturated heterocycles. The van der Waals surface area contributed by atoms with Crippen LogP contribution in [-0.4, -0.2) is 14.7 Å². The Hall–Kier alpha value is -1.88. The van der Waals surface area contributed by atoms with E-state index in [4.69, 9.17) is 11.6 Å². The lowest BCUT2D eigenvalue weighted by Gasteiger charge is -2.07. The van der Waals surface area contributed by atoms with Crippen molar-refractivity contribution in [1.82, 2.24) is 9.78 Å². The number of hydrogen-bond acceptors (Lipinski definition) is 3. The van der Waals surface area contributed by atoms with Gasteiger partial charge in [-0.25, -0.2) is 0 Å². The lowest BCUT2D eigenvalue weighted by molar-refractivity contribution is -0.385. The van der Waals surface area contributed by atoms with E-state index in [2.05, 4.69) is 5.10 Å². The monoisotopic (exact) mass is 251 g/mol. The maximum absolute atomic E-state index is 10.9. The van der Waals surface area contributed by atoms with Crippen molar-refractivity contribution in [3.05, 3.63) is 56.9 Å². The summed E-state index contributed by atoms with van der Waals surface area (Å²) in [6.45, 7) is 2.19. The van der Waals surface area contributed by atoms with E-state index in [0.717, 1.165) is 5.69 Å². The van der Waals surface area contributed by atoms with Crippen LogP contribution in [0.5, 0.6) is 0 Å². The number of rotatable bonds is 3. The first-order chi connectivity index (χ1) is 8.09. The van der Waals surface area contributed by atoms with Crippen LogP contribution < -0.4 is 0 Å². The Balaban J connectivity index is 2.45. The van der Waals surface area contributed by atoms with Crippen molar-refractivity contribution in [3.8, 4) is 0 Å². The molecule has 0 aliphatic carbocycles. The van der Waals surface area contributed by atoms with Gasteiger partial charge in [0.1, 0.15) is 0 Å². The van der Waals surface area contributed by atoms with E-state index >= 15 is 0 Å². The highest BCUT2D eigenvalue weighted by Crippen LogP contribution is 2.27. The van der Waals surface area contributed by atoms with Crippen molar-refractivity contribution in [3.63, 3.8) is 0 Å². The molecule has 0 spiro atoms. The molecule has 2 rings (SSSR count). The van der Waals surface area contributed by atoms with Gasteiger partial charge in [-0.05, 0) is 19.1 Å². The van der Waals surface area contributed by atoms with Gasteiger partial charge in [-0.1, -0.05) is 17.7 Å². The predicted molar refractivity (Wildman–Crippen MR) is 64.2 cm³/mol. The molecule has 5 nitrogen and oxygen atoms in total. The summed E-state index contributed by atoms with van der Waals surface area (Å²) in [5.74, 6) is 0. The van der Waals surface area contributed by atoms with Crippen LogP contribution in [0, 0.1) is 17.0 Å². The van der Waals surface area contributed by atoms with Crippen molar-refractivity contribution in [1.29, 1.82) is 0 Å². The molecule has 0 saturated carbocycles. The standard InChI is InChI=1S/C11H10ClN3O2/c1-8-5-6-13-14(8)7-9-10(12)3-2-4-11(9)15(16)17/h2-6H,7H2,1H3. The summed E-state index contributed by atoms with van der Waals surface area (Å²) < 4.78 is 1.67. The maximum atomic E-state index is 10.9. The van der Waals surface area contributed by atoms with Crippen LogP contribution in [-0.2, 0) is 6.54 Å². The molecular weight excluding hydrogens is 242 g/mol. The first kappa shape index (κ1) is 11.6. The molecule has 1 aromatic carbocycles. The number of nitro benzene ring substituents is 1. The topological polar surface area (TPSA) is 61.0 Å². The van der Waals surface area contributed by atoms with Crippen LogP contribution in [0.3, 0.4) is 0 Å². The van der Waals surface area contributed by atoms with Crippen molar-refractivity contribution in [2.45, 2.75) is 13.5 Å². The third kappa shape index (κ3) is 2.29. The number of aryl methyl sites for hydroxylation is 1. The lowest BCUT2D eigenvalue weighted by atomic mass is 10.2. The Morgan fingerprint density at radius 2 is 2.24 bits per heavy atom. The first-order valence-corrected chi connectivity index (χ1v) is 5.37. The van der Waals surface area contributed by atoms with Gasteiger partial charge in [0.05, 0.1) is 22.1 Å². The minimum atomic E-state index is -0.431. The van der Waals surface area contributed by atoms with Gasteiger partial charge in [0, 0.05) is 18.0 Å². The molecule has 88 valence electrons. The maximum Gasteiger partial charge on any atom is 0.275 e. The number of halogens is 1. The fourth-order valence-electron chi connectivity index (χ4n) is 1.59. The number of nitrogens with zero attached hydrogens (tertiary/aromatic N) is 3. The minimum absolute atomic E-state index is 0.0207. The van der Waals surface area contributed by atoms with Crippen LogP contribution >= 0.6 is 11.6 Å². The van der Waals surface area contributed by atoms with Gasteiger partial charge in [0.15, 0.2) is 0 Å². The lowest BCUT2D eigenvalue weighted by Crippen LogP contribution is -2.06. The largest absolute Gasteiger partial charge is 0.275 e. The summed E-state index contributed by atoms with van der Waals surface area (Å²) in [5.41, 5.74) is 1.43. The molecule has 0 atom stereocenters. The van der Waals surface area contributed by atoms with Gasteiger partial charge in [-0.3, -0.25) is 14.8 Å². The zero-order chi connectivity index (χ0) is 12.4. The van der Waals surface area contributed by atoms with E-state index in [9.17, 15) is 10.1 Å². The molecule has 0 radical (unpaired) electrons. The average Bonchev–Trinajstić information content (AvgIpc) is 2.67. The zero-order valence-corrected chi connectivity index (χ0v) is 9.89. The second kappa shape index (κ2) is 4.55. The third-order valence-electron chi connectivity index (χ3n) is 2.53. The van der Waals surface area contributed by atoms with E-state index in [1.807, 2.05) is 13.0 Å². The molecule has 0 bridgehead atoms. The van der Waals surface area contributed by atoms with Crippen LogP contribution in [0.25, 0.3) is 0 Å². The molecule has 0 N–H and O–H groups in total. The molecule has 17 heavy (non-hydrogen) atoms. The van der Waals surface area contributed by atoms with Crippen LogP contribution in [0.4, 0.5) is 5.69 Å². The summed E-state index contributed by atoms with van der Waals surface area (Å²) in [5, 5.41) is 15.4. The molecule has 1 aromatic heterocycles. The summed E-state index contributed by atoms with van der Waals surface area (Å²) in [6, 6.07) is 6.49. The molecule has 2 aromatic rings. The third-order valence-corrected chi connectivity index (χ3v) is 2.88. The molecule has 1 heterocycles. The average molecular weight is 252 g/mol. The highest BCUT2D eigenvalue weighted by Gasteiger charge is 2.17. The Morgan fingerprint density at radius 3 is 2.82 bits per heavy atom. The number of hydrogen-bond donors (Lipinski definition) is 0. The summed E-state index contributed by atoms with van der Waals surface area (Å²) in [4.78, 5) is 10.5. The van der Waals surface area contributed by atoms with Crippen LogP contribution in [0.2, 0.25) is 5.02 Å². The smallest absolute Gasteiger partial charge is 0.265 e. The highest BCUT2D eigenvalue weighted by molar-refractivity contribution is 6.31. The van der Waals surface area contributed by atoms with Crippen LogP contribution in [0.15, 0.2) is 30.5 Å². The fraction of sp³-hybridized carbons (Fsp3) is 0.182. The molecule has 0 aliphatic rings. The summed E-state index contributed by atoms with van der Waals surface area (Å²) in [6.07, 6.45) is 1.65. The summed E-state index contributed by atoms with van der Waals surface area (Å²) >= 11 is 6.00. The van der Waals surface area contributed by atoms with E-state index in [0.29, 0.717) is 17.1 Å². The Kier molecular flexibility index (Phi) is 3.10. The second-order valence-corrected chi connectivity index (χ2v) is 4.03. The molecule has 0 amide bonds. The quantitative estimate of drug-likeness (QED) is 0.622. The number of aromatic nitrogens is 2. The molecular formula is C11H10ClN3O2. The van der Waals surface area contributed by atoms with Gasteiger partial charge >= 0.3 is 0 Å². The van der Waals surface area contributed by atoms with Crippen molar-refractivity contribution >= 4 is 17.3 Å². The van der Waals surface area contributed by atoms with Gasteiger partial charge in [0.25, 0.3) is 5.69 Å². The minimum Gasteiger partial charge on any atom is -0.265 e. The van der Waals surface area contributed by atoms with E-state index in [1.54, 1.807) is 23.0 Å². The Labute approximate surface area is 103 Å². The molecule has 6 heteroatoms. The normalized spacial score (nSPS) is 10.5. The van der Waals surface area contributed by atoms with Gasteiger partial charge < -0.3 is 0 Å². The van der Waals surface area contributed by atoms with Crippen molar-refractivity contribution in [2.24, 2.45) is 0 Å². The SMILES string of the molecule is Cc1ccnn1Cc1c(Cl)cccc1[N+](=O)[O-]. The van der Waals surface area contributed by atoms with Gasteiger partial charge in [-0.2, -0.15) is 5.10 Å². The second-order valence-electron chi connectivity index (χ2n) is 3.62. The predicted octanol–water partition coefficient (Wildman–Crippen LogP) is 2.80. The molecule has 0 unspecified atom stereocenters. The first-order valence-electron chi connectivity index (χ1n) is 5.00. The van der Waals surface area contributed by atoms with Crippen molar-refractivity contribution in [2.75, 3.05) is 0 Å². The highest BCUT2D eigenvalue weighted by atomic mass is 35.5. The summed E-state index contributed by atoms with van der Waals surface area (Å²) in [7, 11) is 0. The Bertz CT molecular complexity index is 566. The number of nitro groups is 1. The Morgan fingerprint density at radius 1 is 1.47 bits per heavy atom.